The average molecular weight is 277 g/mol. The van der Waals surface area contributed by atoms with Crippen LogP contribution in [0.15, 0.2) is 30.6 Å². The summed E-state index contributed by atoms with van der Waals surface area (Å²) in [5.41, 5.74) is 1.60. The summed E-state index contributed by atoms with van der Waals surface area (Å²) in [4.78, 5) is 8.43. The van der Waals surface area contributed by atoms with Crippen LogP contribution in [0.5, 0.6) is 0 Å². The van der Waals surface area contributed by atoms with Gasteiger partial charge in [-0.15, -0.1) is 0 Å². The van der Waals surface area contributed by atoms with Crippen molar-refractivity contribution in [3.63, 3.8) is 0 Å². The number of hydrogen-bond donors (Lipinski definition) is 1. The van der Waals surface area contributed by atoms with Crippen LogP contribution < -0.4 is 5.32 Å². The van der Waals surface area contributed by atoms with Crippen molar-refractivity contribution in [1.82, 2.24) is 15.3 Å². The van der Waals surface area contributed by atoms with Crippen molar-refractivity contribution in [2.45, 2.75) is 26.3 Å². The van der Waals surface area contributed by atoms with Gasteiger partial charge in [0.1, 0.15) is 0 Å². The van der Waals surface area contributed by atoms with Crippen LogP contribution in [0.2, 0.25) is 0 Å². The Bertz CT molecular complexity index is 570. The molecule has 3 nitrogen and oxygen atoms in total. The summed E-state index contributed by atoms with van der Waals surface area (Å²) in [5, 5.41) is 3.18. The smallest absolute Gasteiger partial charge is 0.163 e. The topological polar surface area (TPSA) is 37.8 Å². The van der Waals surface area contributed by atoms with Crippen LogP contribution in [0.25, 0.3) is 0 Å². The molecule has 5 heteroatoms. The van der Waals surface area contributed by atoms with E-state index in [0.717, 1.165) is 18.2 Å². The van der Waals surface area contributed by atoms with E-state index in [1.165, 1.54) is 6.07 Å². The number of aromatic nitrogens is 2. The van der Waals surface area contributed by atoms with Crippen LogP contribution in [0.1, 0.15) is 36.3 Å². The van der Waals surface area contributed by atoms with Crippen LogP contribution in [0.4, 0.5) is 8.78 Å². The quantitative estimate of drug-likeness (QED) is 0.912. The Morgan fingerprint density at radius 2 is 2.00 bits per heavy atom. The van der Waals surface area contributed by atoms with Gasteiger partial charge in [0.25, 0.3) is 0 Å². The SMILES string of the molecule is CCCNC(c1cnc(C)cn1)c1cccc(F)c1F. The van der Waals surface area contributed by atoms with Crippen molar-refractivity contribution in [2.24, 2.45) is 0 Å². The molecule has 1 atom stereocenters. The fourth-order valence-corrected chi connectivity index (χ4v) is 1.96. The number of hydrogen-bond acceptors (Lipinski definition) is 3. The number of nitrogens with zero attached hydrogens (tertiary/aromatic N) is 2. The predicted molar refractivity (Wildman–Crippen MR) is 73.3 cm³/mol. The molecule has 0 saturated carbocycles. The van der Waals surface area contributed by atoms with Crippen molar-refractivity contribution < 1.29 is 8.78 Å². The Labute approximate surface area is 117 Å². The molecular weight excluding hydrogens is 260 g/mol. The zero-order chi connectivity index (χ0) is 14.5. The van der Waals surface area contributed by atoms with Gasteiger partial charge in [-0.1, -0.05) is 19.1 Å². The number of halogens is 2. The largest absolute Gasteiger partial charge is 0.305 e. The molecule has 0 aliphatic carbocycles. The number of rotatable bonds is 5. The Hall–Kier alpha value is -1.88. The summed E-state index contributed by atoms with van der Waals surface area (Å²) in [5.74, 6) is -1.70. The molecule has 0 aliphatic rings. The monoisotopic (exact) mass is 277 g/mol. The minimum absolute atomic E-state index is 0.247. The summed E-state index contributed by atoms with van der Waals surface area (Å²) >= 11 is 0. The zero-order valence-electron chi connectivity index (χ0n) is 11.5. The maximum atomic E-state index is 14.0. The van der Waals surface area contributed by atoms with E-state index in [0.29, 0.717) is 12.2 Å². The third kappa shape index (κ3) is 3.17. The number of benzene rings is 1. The Morgan fingerprint density at radius 3 is 2.65 bits per heavy atom. The fraction of sp³-hybridized carbons (Fsp3) is 0.333. The van der Waals surface area contributed by atoms with E-state index in [-0.39, 0.29) is 5.56 Å². The Kier molecular flexibility index (Phi) is 4.74. The van der Waals surface area contributed by atoms with Crippen LogP contribution in [-0.2, 0) is 0 Å². The molecule has 2 rings (SSSR count). The minimum Gasteiger partial charge on any atom is -0.305 e. The summed E-state index contributed by atoms with van der Waals surface area (Å²) in [6, 6.07) is 3.67. The van der Waals surface area contributed by atoms with Gasteiger partial charge >= 0.3 is 0 Å². The molecule has 1 N–H and O–H groups in total. The molecule has 0 aliphatic heterocycles. The molecule has 1 aromatic heterocycles. The van der Waals surface area contributed by atoms with Crippen molar-refractivity contribution in [1.29, 1.82) is 0 Å². The summed E-state index contributed by atoms with van der Waals surface area (Å²) < 4.78 is 27.4. The van der Waals surface area contributed by atoms with E-state index in [9.17, 15) is 8.78 Å². The lowest BCUT2D eigenvalue weighted by atomic mass is 10.0. The van der Waals surface area contributed by atoms with Gasteiger partial charge in [-0.2, -0.15) is 0 Å². The summed E-state index contributed by atoms with van der Waals surface area (Å²) in [6.45, 7) is 4.51. The maximum absolute atomic E-state index is 14.0. The molecule has 1 aromatic carbocycles. The first kappa shape index (κ1) is 14.5. The third-order valence-electron chi connectivity index (χ3n) is 2.99. The molecule has 20 heavy (non-hydrogen) atoms. The highest BCUT2D eigenvalue weighted by atomic mass is 19.2. The molecule has 0 fully saturated rings. The molecule has 0 amide bonds. The lowest BCUT2D eigenvalue weighted by Gasteiger charge is -2.19. The normalized spacial score (nSPS) is 12.4. The highest BCUT2D eigenvalue weighted by Gasteiger charge is 2.20. The number of nitrogens with one attached hydrogen (secondary N) is 1. The van der Waals surface area contributed by atoms with Crippen LogP contribution in [0, 0.1) is 18.6 Å². The molecule has 0 saturated heterocycles. The highest BCUT2D eigenvalue weighted by Crippen LogP contribution is 2.24. The molecular formula is C15H17F2N3. The Balaban J connectivity index is 2.41. The van der Waals surface area contributed by atoms with E-state index in [1.807, 2.05) is 13.8 Å². The van der Waals surface area contributed by atoms with Gasteiger partial charge < -0.3 is 5.32 Å². The second-order valence-corrected chi connectivity index (χ2v) is 4.61. The van der Waals surface area contributed by atoms with Gasteiger partial charge in [-0.25, -0.2) is 8.78 Å². The van der Waals surface area contributed by atoms with Crippen LogP contribution >= 0.6 is 0 Å². The first-order chi connectivity index (χ1) is 9.63. The van der Waals surface area contributed by atoms with E-state index < -0.39 is 17.7 Å². The van der Waals surface area contributed by atoms with E-state index in [4.69, 9.17) is 0 Å². The van der Waals surface area contributed by atoms with Crippen LogP contribution in [0.3, 0.4) is 0 Å². The van der Waals surface area contributed by atoms with Crippen molar-refractivity contribution in [2.75, 3.05) is 6.54 Å². The highest BCUT2D eigenvalue weighted by molar-refractivity contribution is 5.29. The lowest BCUT2D eigenvalue weighted by molar-refractivity contribution is 0.477. The van der Waals surface area contributed by atoms with Gasteiger partial charge in [0.2, 0.25) is 0 Å². The Morgan fingerprint density at radius 1 is 1.20 bits per heavy atom. The van der Waals surface area contributed by atoms with Gasteiger partial charge in [0.05, 0.1) is 23.6 Å². The summed E-state index contributed by atoms with van der Waals surface area (Å²) in [7, 11) is 0. The van der Waals surface area contributed by atoms with E-state index >= 15 is 0 Å². The first-order valence-corrected chi connectivity index (χ1v) is 6.59. The molecule has 0 radical (unpaired) electrons. The molecule has 106 valence electrons. The molecule has 1 unspecified atom stereocenters. The first-order valence-electron chi connectivity index (χ1n) is 6.59. The third-order valence-corrected chi connectivity index (χ3v) is 2.99. The number of aryl methyl sites for hydroxylation is 1. The maximum Gasteiger partial charge on any atom is 0.163 e. The van der Waals surface area contributed by atoms with Crippen LogP contribution in [-0.4, -0.2) is 16.5 Å². The predicted octanol–water partition coefficient (Wildman–Crippen LogP) is 3.15. The molecule has 1 heterocycles. The second kappa shape index (κ2) is 6.52. The molecule has 0 bridgehead atoms. The van der Waals surface area contributed by atoms with Gasteiger partial charge in [-0.05, 0) is 26.0 Å². The average Bonchev–Trinajstić information content (AvgIpc) is 2.45. The second-order valence-electron chi connectivity index (χ2n) is 4.61. The van der Waals surface area contributed by atoms with E-state index in [1.54, 1.807) is 18.5 Å². The van der Waals surface area contributed by atoms with Crippen molar-refractivity contribution >= 4 is 0 Å². The van der Waals surface area contributed by atoms with Crippen molar-refractivity contribution in [3.8, 4) is 0 Å². The molecule has 2 aromatic rings. The minimum atomic E-state index is -0.856. The van der Waals surface area contributed by atoms with Crippen molar-refractivity contribution in [3.05, 3.63) is 59.2 Å². The molecule has 0 spiro atoms. The zero-order valence-corrected chi connectivity index (χ0v) is 11.5. The van der Waals surface area contributed by atoms with Gasteiger partial charge in [0, 0.05) is 11.8 Å². The standard InChI is InChI=1S/C15H17F2N3/c1-3-7-18-15(13-9-19-10(2)8-20-13)11-5-4-6-12(16)14(11)17/h4-6,8-9,15,18H,3,7H2,1-2H3. The fourth-order valence-electron chi connectivity index (χ4n) is 1.96. The summed E-state index contributed by atoms with van der Waals surface area (Å²) in [6.07, 6.45) is 4.09. The van der Waals surface area contributed by atoms with Gasteiger partial charge in [-0.3, -0.25) is 9.97 Å². The van der Waals surface area contributed by atoms with Gasteiger partial charge in [0.15, 0.2) is 11.6 Å². The lowest BCUT2D eigenvalue weighted by Crippen LogP contribution is -2.25. The van der Waals surface area contributed by atoms with E-state index in [2.05, 4.69) is 15.3 Å².